The Kier molecular flexibility index (Phi) is 5.92. The summed E-state index contributed by atoms with van der Waals surface area (Å²) in [5.74, 6) is -0.695. The molecular weight excluding hydrogens is 372 g/mol. The quantitative estimate of drug-likeness (QED) is 0.648. The van der Waals surface area contributed by atoms with E-state index in [1.807, 2.05) is 30.3 Å². The van der Waals surface area contributed by atoms with Crippen molar-refractivity contribution >= 4 is 17.7 Å². The zero-order valence-corrected chi connectivity index (χ0v) is 16.5. The van der Waals surface area contributed by atoms with E-state index in [9.17, 15) is 14.4 Å². The Morgan fingerprint density at radius 3 is 2.38 bits per heavy atom. The number of aryl methyl sites for hydroxylation is 2. The zero-order valence-electron chi connectivity index (χ0n) is 16.5. The van der Waals surface area contributed by atoms with Crippen molar-refractivity contribution < 1.29 is 14.3 Å². The number of hydrogen-bond acceptors (Lipinski definition) is 5. The Morgan fingerprint density at radius 1 is 1.10 bits per heavy atom. The van der Waals surface area contributed by atoms with E-state index >= 15 is 0 Å². The van der Waals surface area contributed by atoms with Crippen molar-refractivity contribution in [3.05, 3.63) is 75.8 Å². The first kappa shape index (κ1) is 20.1. The number of para-hydroxylation sites is 1. The van der Waals surface area contributed by atoms with Crippen molar-refractivity contribution in [3.63, 3.8) is 0 Å². The molecule has 8 nitrogen and oxygen atoms in total. The second-order valence-corrected chi connectivity index (χ2v) is 6.48. The third-order valence-electron chi connectivity index (χ3n) is 4.38. The first-order valence-corrected chi connectivity index (χ1v) is 9.19. The highest BCUT2D eigenvalue weighted by molar-refractivity contribution is 6.00. The standard InChI is InChI=1S/C21H22N4O4/c1-4-29-21(28)18-12-22-25(16-8-6-5-7-9-16)20(18)23-19(27)13-24-14(2)10-17(26)11-15(24)3/h5-12H,4,13H2,1-3H3,(H,23,27). The molecule has 1 aromatic carbocycles. The molecule has 150 valence electrons. The number of carbonyl (C=O) groups is 2. The van der Waals surface area contributed by atoms with E-state index in [4.69, 9.17) is 4.74 Å². The molecule has 0 unspecified atom stereocenters. The van der Waals surface area contributed by atoms with Crippen molar-refractivity contribution in [2.45, 2.75) is 27.3 Å². The smallest absolute Gasteiger partial charge is 0.343 e. The summed E-state index contributed by atoms with van der Waals surface area (Å²) in [5.41, 5.74) is 2.09. The molecule has 0 aliphatic heterocycles. The average molecular weight is 394 g/mol. The number of nitrogens with zero attached hydrogens (tertiary/aromatic N) is 3. The van der Waals surface area contributed by atoms with Gasteiger partial charge in [-0.25, -0.2) is 9.48 Å². The second-order valence-electron chi connectivity index (χ2n) is 6.48. The van der Waals surface area contributed by atoms with Gasteiger partial charge in [0.15, 0.2) is 11.2 Å². The van der Waals surface area contributed by atoms with E-state index < -0.39 is 5.97 Å². The molecule has 0 saturated heterocycles. The molecule has 0 bridgehead atoms. The first-order chi connectivity index (χ1) is 13.9. The third-order valence-corrected chi connectivity index (χ3v) is 4.38. The molecule has 8 heteroatoms. The number of amides is 1. The van der Waals surface area contributed by atoms with Crippen LogP contribution >= 0.6 is 0 Å². The van der Waals surface area contributed by atoms with E-state index in [0.29, 0.717) is 17.1 Å². The molecule has 2 heterocycles. The lowest BCUT2D eigenvalue weighted by Gasteiger charge is -2.15. The zero-order chi connectivity index (χ0) is 21.0. The van der Waals surface area contributed by atoms with Crippen LogP contribution in [0.25, 0.3) is 5.69 Å². The molecule has 0 fully saturated rings. The number of anilines is 1. The monoisotopic (exact) mass is 394 g/mol. The fraction of sp³-hybridized carbons (Fsp3) is 0.238. The molecule has 3 aromatic rings. The maximum absolute atomic E-state index is 12.8. The van der Waals surface area contributed by atoms with E-state index in [1.54, 1.807) is 25.3 Å². The molecule has 3 rings (SSSR count). The van der Waals surface area contributed by atoms with Crippen LogP contribution in [0, 0.1) is 13.8 Å². The molecule has 0 atom stereocenters. The Balaban J connectivity index is 1.94. The summed E-state index contributed by atoms with van der Waals surface area (Å²) in [5, 5.41) is 7.03. The number of rotatable bonds is 6. The van der Waals surface area contributed by atoms with Gasteiger partial charge in [0, 0.05) is 23.5 Å². The van der Waals surface area contributed by atoms with E-state index in [-0.39, 0.29) is 35.9 Å². The van der Waals surface area contributed by atoms with Gasteiger partial charge in [0.2, 0.25) is 5.91 Å². The Hall–Kier alpha value is -3.68. The number of esters is 1. The highest BCUT2D eigenvalue weighted by Gasteiger charge is 2.22. The number of hydrogen-bond donors (Lipinski definition) is 1. The van der Waals surface area contributed by atoms with E-state index in [2.05, 4.69) is 10.4 Å². The largest absolute Gasteiger partial charge is 0.462 e. The van der Waals surface area contributed by atoms with Crippen molar-refractivity contribution in [1.82, 2.24) is 14.3 Å². The number of benzene rings is 1. The molecule has 0 aliphatic carbocycles. The molecule has 0 radical (unpaired) electrons. The lowest BCUT2D eigenvalue weighted by atomic mass is 10.2. The summed E-state index contributed by atoms with van der Waals surface area (Å²) in [6, 6.07) is 12.1. The fourth-order valence-electron chi connectivity index (χ4n) is 3.04. The number of ether oxygens (including phenoxy) is 1. The Bertz CT molecular complexity index is 1070. The molecule has 0 spiro atoms. The van der Waals surface area contributed by atoms with E-state index in [1.165, 1.54) is 23.0 Å². The van der Waals surface area contributed by atoms with Crippen LogP contribution in [0.4, 0.5) is 5.82 Å². The van der Waals surface area contributed by atoms with Crippen LogP contribution in [0.15, 0.2) is 53.5 Å². The molecule has 0 aliphatic rings. The van der Waals surface area contributed by atoms with Crippen molar-refractivity contribution in [2.24, 2.45) is 0 Å². The second kappa shape index (κ2) is 8.55. The van der Waals surface area contributed by atoms with Crippen molar-refractivity contribution in [2.75, 3.05) is 11.9 Å². The van der Waals surface area contributed by atoms with Gasteiger partial charge in [-0.1, -0.05) is 18.2 Å². The minimum atomic E-state index is -0.569. The number of pyridine rings is 1. The third kappa shape index (κ3) is 4.43. The predicted octanol–water partition coefficient (Wildman–Crippen LogP) is 2.47. The molecule has 1 N–H and O–H groups in total. The van der Waals surface area contributed by atoms with Crippen molar-refractivity contribution in [3.8, 4) is 5.69 Å². The summed E-state index contributed by atoms with van der Waals surface area (Å²) >= 11 is 0. The van der Waals surface area contributed by atoms with Gasteiger partial charge in [-0.05, 0) is 32.9 Å². The normalized spacial score (nSPS) is 10.6. The van der Waals surface area contributed by atoms with Crippen molar-refractivity contribution in [1.29, 1.82) is 0 Å². The first-order valence-electron chi connectivity index (χ1n) is 9.19. The summed E-state index contributed by atoms with van der Waals surface area (Å²) in [6.07, 6.45) is 1.37. The molecule has 0 saturated carbocycles. The number of nitrogens with one attached hydrogen (secondary N) is 1. The van der Waals surface area contributed by atoms with Gasteiger partial charge in [0.25, 0.3) is 0 Å². The maximum atomic E-state index is 12.8. The van der Waals surface area contributed by atoms with Gasteiger partial charge in [0.1, 0.15) is 12.1 Å². The summed E-state index contributed by atoms with van der Waals surface area (Å²) in [6.45, 7) is 5.43. The Morgan fingerprint density at radius 2 is 1.76 bits per heavy atom. The van der Waals surface area contributed by atoms with Gasteiger partial charge in [0.05, 0.1) is 18.5 Å². The van der Waals surface area contributed by atoms with Gasteiger partial charge in [-0.3, -0.25) is 9.59 Å². The lowest BCUT2D eigenvalue weighted by Crippen LogP contribution is -2.25. The highest BCUT2D eigenvalue weighted by Crippen LogP contribution is 2.21. The van der Waals surface area contributed by atoms with Crippen LogP contribution in [0.5, 0.6) is 0 Å². The molecular formula is C21H22N4O4. The molecule has 1 amide bonds. The van der Waals surface area contributed by atoms with Crippen LogP contribution in [0.3, 0.4) is 0 Å². The molecule has 2 aromatic heterocycles. The minimum absolute atomic E-state index is 0.0137. The molecule has 29 heavy (non-hydrogen) atoms. The van der Waals surface area contributed by atoms with Gasteiger partial charge < -0.3 is 14.6 Å². The number of aromatic nitrogens is 3. The predicted molar refractivity (Wildman–Crippen MR) is 108 cm³/mol. The number of carbonyl (C=O) groups excluding carboxylic acids is 2. The minimum Gasteiger partial charge on any atom is -0.462 e. The van der Waals surface area contributed by atoms with E-state index in [0.717, 1.165) is 0 Å². The fourth-order valence-corrected chi connectivity index (χ4v) is 3.04. The van der Waals surface area contributed by atoms with Crippen LogP contribution in [-0.2, 0) is 16.1 Å². The average Bonchev–Trinajstić information content (AvgIpc) is 3.09. The van der Waals surface area contributed by atoms with Gasteiger partial charge >= 0.3 is 5.97 Å². The SMILES string of the molecule is CCOC(=O)c1cnn(-c2ccccc2)c1NC(=O)Cn1c(C)cc(=O)cc1C. The Labute approximate surface area is 167 Å². The lowest BCUT2D eigenvalue weighted by molar-refractivity contribution is -0.116. The van der Waals surface area contributed by atoms with Gasteiger partial charge in [-0.15, -0.1) is 0 Å². The van der Waals surface area contributed by atoms with Crippen LogP contribution < -0.4 is 10.7 Å². The van der Waals surface area contributed by atoms with Crippen LogP contribution in [0.1, 0.15) is 28.7 Å². The summed E-state index contributed by atoms with van der Waals surface area (Å²) in [4.78, 5) is 36.7. The summed E-state index contributed by atoms with van der Waals surface area (Å²) < 4.78 is 8.29. The highest BCUT2D eigenvalue weighted by atomic mass is 16.5. The van der Waals surface area contributed by atoms with Gasteiger partial charge in [-0.2, -0.15) is 5.10 Å². The topological polar surface area (TPSA) is 95.2 Å². The van der Waals surface area contributed by atoms with Crippen LogP contribution in [0.2, 0.25) is 0 Å². The summed E-state index contributed by atoms with van der Waals surface area (Å²) in [7, 11) is 0. The maximum Gasteiger partial charge on any atom is 0.343 e. The van der Waals surface area contributed by atoms with Crippen LogP contribution in [-0.4, -0.2) is 32.8 Å².